The van der Waals surface area contributed by atoms with Crippen LogP contribution in [0.2, 0.25) is 0 Å². The highest BCUT2D eigenvalue weighted by Crippen LogP contribution is 2.14. The first kappa shape index (κ1) is 14.1. The summed E-state index contributed by atoms with van der Waals surface area (Å²) in [6, 6.07) is 3.40. The Morgan fingerprint density at radius 3 is 2.72 bits per heavy atom. The van der Waals surface area contributed by atoms with Crippen LogP contribution >= 0.6 is 0 Å². The van der Waals surface area contributed by atoms with Gasteiger partial charge in [0.25, 0.3) is 5.91 Å². The molecule has 0 atom stereocenters. The molecule has 0 aliphatic carbocycles. The lowest BCUT2D eigenvalue weighted by Gasteiger charge is -2.22. The Morgan fingerprint density at radius 2 is 2.22 bits per heavy atom. The molecule has 0 unspecified atom stereocenters. The van der Waals surface area contributed by atoms with Crippen LogP contribution in [0.5, 0.6) is 0 Å². The van der Waals surface area contributed by atoms with Crippen LogP contribution in [0.1, 0.15) is 37.1 Å². The molecule has 1 heterocycles. The third-order valence-corrected chi connectivity index (χ3v) is 2.73. The minimum Gasteiger partial charge on any atom is -0.456 e. The van der Waals surface area contributed by atoms with Crippen molar-refractivity contribution in [1.82, 2.24) is 5.32 Å². The number of amidine groups is 1. The second-order valence-electron chi connectivity index (χ2n) is 4.67. The van der Waals surface area contributed by atoms with Crippen LogP contribution in [0, 0.1) is 5.41 Å². The van der Waals surface area contributed by atoms with Gasteiger partial charge in [-0.2, -0.15) is 0 Å². The molecule has 0 saturated carbocycles. The molecular weight excluding hydrogens is 234 g/mol. The summed E-state index contributed by atoms with van der Waals surface area (Å²) in [5.74, 6) is 0.781. The SMILES string of the molecule is CCc1ccc(C(=O)NCC(C)(C)/C(N)=N/O)o1. The summed E-state index contributed by atoms with van der Waals surface area (Å²) < 4.78 is 5.32. The Kier molecular flexibility index (Phi) is 4.36. The molecule has 0 aliphatic heterocycles. The molecule has 0 spiro atoms. The molecule has 1 amide bonds. The molecule has 1 aromatic rings. The first-order valence-electron chi connectivity index (χ1n) is 5.75. The molecule has 6 heteroatoms. The van der Waals surface area contributed by atoms with Crippen molar-refractivity contribution < 1.29 is 14.4 Å². The monoisotopic (exact) mass is 253 g/mol. The summed E-state index contributed by atoms with van der Waals surface area (Å²) in [5, 5.41) is 14.3. The third kappa shape index (κ3) is 3.26. The Bertz CT molecular complexity index is 449. The highest BCUT2D eigenvalue weighted by molar-refractivity contribution is 5.92. The van der Waals surface area contributed by atoms with Gasteiger partial charge in [-0.05, 0) is 12.1 Å². The van der Waals surface area contributed by atoms with E-state index in [2.05, 4.69) is 10.5 Å². The Labute approximate surface area is 106 Å². The highest BCUT2D eigenvalue weighted by atomic mass is 16.4. The van der Waals surface area contributed by atoms with E-state index < -0.39 is 5.41 Å². The minimum absolute atomic E-state index is 0.0662. The molecule has 0 fully saturated rings. The topological polar surface area (TPSA) is 101 Å². The fourth-order valence-corrected chi connectivity index (χ4v) is 1.30. The molecule has 0 aromatic carbocycles. The summed E-state index contributed by atoms with van der Waals surface area (Å²) in [5.41, 5.74) is 4.91. The number of amides is 1. The summed E-state index contributed by atoms with van der Waals surface area (Å²) in [6.45, 7) is 5.73. The van der Waals surface area contributed by atoms with E-state index in [1.54, 1.807) is 26.0 Å². The van der Waals surface area contributed by atoms with Crippen LogP contribution in [-0.2, 0) is 6.42 Å². The number of carbonyl (C=O) groups is 1. The van der Waals surface area contributed by atoms with Crippen molar-refractivity contribution in [3.05, 3.63) is 23.7 Å². The lowest BCUT2D eigenvalue weighted by molar-refractivity contribution is 0.0915. The van der Waals surface area contributed by atoms with E-state index >= 15 is 0 Å². The molecular formula is C12H19N3O3. The van der Waals surface area contributed by atoms with E-state index in [1.165, 1.54) is 0 Å². The highest BCUT2D eigenvalue weighted by Gasteiger charge is 2.25. The smallest absolute Gasteiger partial charge is 0.287 e. The molecule has 4 N–H and O–H groups in total. The van der Waals surface area contributed by atoms with E-state index in [1.807, 2.05) is 6.92 Å². The molecule has 1 rings (SSSR count). The molecule has 0 saturated heterocycles. The van der Waals surface area contributed by atoms with Gasteiger partial charge in [-0.15, -0.1) is 0 Å². The maximum absolute atomic E-state index is 11.8. The molecule has 0 bridgehead atoms. The number of rotatable bonds is 5. The van der Waals surface area contributed by atoms with Crippen LogP contribution in [0.4, 0.5) is 0 Å². The number of nitrogens with zero attached hydrogens (tertiary/aromatic N) is 1. The molecule has 100 valence electrons. The predicted molar refractivity (Wildman–Crippen MR) is 67.6 cm³/mol. The number of nitrogens with two attached hydrogens (primary N) is 1. The van der Waals surface area contributed by atoms with Crippen molar-refractivity contribution in [3.8, 4) is 0 Å². The summed E-state index contributed by atoms with van der Waals surface area (Å²) in [7, 11) is 0. The zero-order valence-corrected chi connectivity index (χ0v) is 10.9. The number of hydrogen-bond donors (Lipinski definition) is 3. The summed E-state index contributed by atoms with van der Waals surface area (Å²) in [4.78, 5) is 11.8. The first-order valence-corrected chi connectivity index (χ1v) is 5.75. The molecule has 0 radical (unpaired) electrons. The summed E-state index contributed by atoms with van der Waals surface area (Å²) in [6.07, 6.45) is 0.739. The first-order chi connectivity index (χ1) is 8.40. The lowest BCUT2D eigenvalue weighted by atomic mass is 9.92. The average molecular weight is 253 g/mol. The maximum Gasteiger partial charge on any atom is 0.287 e. The van der Waals surface area contributed by atoms with Crippen LogP contribution in [0.25, 0.3) is 0 Å². The number of furan rings is 1. The van der Waals surface area contributed by atoms with Crippen LogP contribution in [0.15, 0.2) is 21.7 Å². The lowest BCUT2D eigenvalue weighted by Crippen LogP contribution is -2.42. The van der Waals surface area contributed by atoms with Crippen molar-refractivity contribution in [2.75, 3.05) is 6.54 Å². The number of aryl methyl sites for hydroxylation is 1. The van der Waals surface area contributed by atoms with E-state index in [-0.39, 0.29) is 24.0 Å². The average Bonchev–Trinajstić information content (AvgIpc) is 2.83. The number of nitrogens with one attached hydrogen (secondary N) is 1. The van der Waals surface area contributed by atoms with Crippen LogP contribution in [0.3, 0.4) is 0 Å². The standard InChI is InChI=1S/C12H19N3O3/c1-4-8-5-6-9(18-8)10(16)14-7-12(2,3)11(13)15-17/h5-6,17H,4,7H2,1-3H3,(H2,13,15)(H,14,16). The minimum atomic E-state index is -0.620. The number of carbonyl (C=O) groups excluding carboxylic acids is 1. The van der Waals surface area contributed by atoms with E-state index in [0.29, 0.717) is 0 Å². The van der Waals surface area contributed by atoms with Crippen molar-refractivity contribution in [1.29, 1.82) is 0 Å². The second kappa shape index (κ2) is 5.57. The van der Waals surface area contributed by atoms with Gasteiger partial charge in [0.05, 0.1) is 0 Å². The summed E-state index contributed by atoms with van der Waals surface area (Å²) >= 11 is 0. The third-order valence-electron chi connectivity index (χ3n) is 2.73. The number of hydrogen-bond acceptors (Lipinski definition) is 4. The van der Waals surface area contributed by atoms with Gasteiger partial charge < -0.3 is 20.7 Å². The van der Waals surface area contributed by atoms with Gasteiger partial charge in [0, 0.05) is 18.4 Å². The van der Waals surface area contributed by atoms with Crippen molar-refractivity contribution in [3.63, 3.8) is 0 Å². The van der Waals surface area contributed by atoms with E-state index in [9.17, 15) is 4.79 Å². The van der Waals surface area contributed by atoms with Gasteiger partial charge in [0.1, 0.15) is 11.6 Å². The Hall–Kier alpha value is -1.98. The fourth-order valence-electron chi connectivity index (χ4n) is 1.30. The van der Waals surface area contributed by atoms with Gasteiger partial charge in [-0.3, -0.25) is 4.79 Å². The van der Waals surface area contributed by atoms with Crippen molar-refractivity contribution >= 4 is 11.7 Å². The fraction of sp³-hybridized carbons (Fsp3) is 0.500. The van der Waals surface area contributed by atoms with Crippen molar-refractivity contribution in [2.45, 2.75) is 27.2 Å². The molecule has 18 heavy (non-hydrogen) atoms. The van der Waals surface area contributed by atoms with Gasteiger partial charge in [-0.1, -0.05) is 25.9 Å². The second-order valence-corrected chi connectivity index (χ2v) is 4.67. The normalized spacial score (nSPS) is 12.5. The van der Waals surface area contributed by atoms with Gasteiger partial charge >= 0.3 is 0 Å². The van der Waals surface area contributed by atoms with Gasteiger partial charge in [0.15, 0.2) is 5.76 Å². The number of oxime groups is 1. The molecule has 0 aliphatic rings. The van der Waals surface area contributed by atoms with Crippen molar-refractivity contribution in [2.24, 2.45) is 16.3 Å². The van der Waals surface area contributed by atoms with Crippen LogP contribution in [-0.4, -0.2) is 23.5 Å². The largest absolute Gasteiger partial charge is 0.456 e. The zero-order valence-electron chi connectivity index (χ0n) is 10.9. The molecule has 6 nitrogen and oxygen atoms in total. The Morgan fingerprint density at radius 1 is 1.56 bits per heavy atom. The molecule has 1 aromatic heterocycles. The van der Waals surface area contributed by atoms with E-state index in [0.717, 1.165) is 12.2 Å². The quantitative estimate of drug-likeness (QED) is 0.319. The maximum atomic E-state index is 11.8. The predicted octanol–water partition coefficient (Wildman–Crippen LogP) is 1.34. The van der Waals surface area contributed by atoms with Gasteiger partial charge in [0.2, 0.25) is 0 Å². The van der Waals surface area contributed by atoms with Crippen LogP contribution < -0.4 is 11.1 Å². The zero-order chi connectivity index (χ0) is 13.8. The Balaban J connectivity index is 2.61. The van der Waals surface area contributed by atoms with Gasteiger partial charge in [-0.25, -0.2) is 0 Å². The van der Waals surface area contributed by atoms with E-state index in [4.69, 9.17) is 15.4 Å².